The van der Waals surface area contributed by atoms with Crippen LogP contribution in [0.25, 0.3) is 32.7 Å². The number of aromatic nitrogens is 3. The van der Waals surface area contributed by atoms with E-state index in [4.69, 9.17) is 11.5 Å². The van der Waals surface area contributed by atoms with Crippen molar-refractivity contribution in [1.29, 1.82) is 0 Å². The fourth-order valence-corrected chi connectivity index (χ4v) is 10.5. The van der Waals surface area contributed by atoms with E-state index in [2.05, 4.69) is 52.2 Å². The molecule has 3 aromatic carbocycles. The molecule has 0 saturated heterocycles. The Morgan fingerprint density at radius 1 is 0.470 bits per heavy atom. The Bertz CT molecular complexity index is 3070. The summed E-state index contributed by atoms with van der Waals surface area (Å²) in [5, 5.41) is 23.3. The highest BCUT2D eigenvalue weighted by molar-refractivity contribution is 5.95. The lowest BCUT2D eigenvalue weighted by molar-refractivity contribution is -0.132. The van der Waals surface area contributed by atoms with Gasteiger partial charge in [0.2, 0.25) is 47.3 Å². The van der Waals surface area contributed by atoms with Crippen molar-refractivity contribution in [3.8, 4) is 0 Å². The summed E-state index contributed by atoms with van der Waals surface area (Å²) in [4.78, 5) is 115. The highest BCUT2D eigenvalue weighted by Gasteiger charge is 2.30. The van der Waals surface area contributed by atoms with Crippen LogP contribution in [0.15, 0.2) is 91.4 Å². The molecule has 0 aliphatic heterocycles. The molecule has 0 spiro atoms. The van der Waals surface area contributed by atoms with Crippen LogP contribution in [0, 0.1) is 5.92 Å². The van der Waals surface area contributed by atoms with E-state index in [0.717, 1.165) is 87.9 Å². The zero-order valence-corrected chi connectivity index (χ0v) is 48.6. The molecule has 0 saturated carbocycles. The Balaban J connectivity index is 0.914. The number of amides is 8. The fourth-order valence-electron chi connectivity index (χ4n) is 10.5. The van der Waals surface area contributed by atoms with E-state index in [9.17, 15) is 38.4 Å². The van der Waals surface area contributed by atoms with Gasteiger partial charge in [-0.3, -0.25) is 38.4 Å². The summed E-state index contributed by atoms with van der Waals surface area (Å²) in [5.74, 6) is -3.11. The Kier molecular flexibility index (Phi) is 26.1. The molecule has 448 valence electrons. The number of unbranched alkanes of at least 4 members (excludes halogenated alkanes) is 9. The highest BCUT2D eigenvalue weighted by atomic mass is 16.2. The van der Waals surface area contributed by atoms with Gasteiger partial charge in [-0.05, 0) is 92.3 Å². The SMILES string of the molecule is CCC(C)[C@H](NC(=O)[C@H](Cc1c[nH]c2ccccc12)NC(=O)CCCCCCCNC(=O)[C@H](Cc1c[nH]c2ccccc12)NC(=O)CCCCCCCNC(=O)[C@H](Cc1c[nH]c2ccccc12)NC(=O)[C@H](CCCCN)NC(C)=O)C(N)=O. The van der Waals surface area contributed by atoms with Gasteiger partial charge in [0, 0.05) is 103 Å². The summed E-state index contributed by atoms with van der Waals surface area (Å²) in [7, 11) is 0. The molecule has 3 heterocycles. The van der Waals surface area contributed by atoms with E-state index in [1.165, 1.54) is 6.92 Å². The number of carbonyl (C=O) groups excluding carboxylic acids is 8. The second kappa shape index (κ2) is 33.8. The number of aromatic amines is 3. The van der Waals surface area contributed by atoms with Crippen LogP contribution < -0.4 is 48.7 Å². The minimum atomic E-state index is -0.921. The number of benzene rings is 3. The normalized spacial score (nSPS) is 13.5. The number of nitrogens with two attached hydrogens (primary N) is 2. The van der Waals surface area contributed by atoms with E-state index in [0.29, 0.717) is 77.4 Å². The van der Waals surface area contributed by atoms with Gasteiger partial charge in [0.1, 0.15) is 30.2 Å². The van der Waals surface area contributed by atoms with Crippen molar-refractivity contribution >= 4 is 80.0 Å². The quantitative estimate of drug-likeness (QED) is 0.0197. The van der Waals surface area contributed by atoms with Crippen molar-refractivity contribution < 1.29 is 38.4 Å². The molecule has 6 atom stereocenters. The summed E-state index contributed by atoms with van der Waals surface area (Å²) in [6.07, 6.45) is 16.6. The van der Waals surface area contributed by atoms with Crippen molar-refractivity contribution in [3.63, 3.8) is 0 Å². The van der Waals surface area contributed by atoms with Gasteiger partial charge in [0.15, 0.2) is 0 Å². The van der Waals surface area contributed by atoms with E-state index < -0.39 is 47.9 Å². The molecule has 1 unspecified atom stereocenters. The maximum Gasteiger partial charge on any atom is 0.243 e. The van der Waals surface area contributed by atoms with Crippen LogP contribution in [-0.2, 0) is 57.6 Å². The number of hydrogen-bond acceptors (Lipinski definition) is 9. The van der Waals surface area contributed by atoms with Gasteiger partial charge in [0.25, 0.3) is 0 Å². The van der Waals surface area contributed by atoms with Crippen LogP contribution in [0.1, 0.15) is 140 Å². The fraction of sp³-hybridized carbons (Fsp3) is 0.492. The van der Waals surface area contributed by atoms with Gasteiger partial charge in [-0.25, -0.2) is 0 Å². The largest absolute Gasteiger partial charge is 0.368 e. The number of hydrogen-bond donors (Lipinski definition) is 12. The Hall–Kier alpha value is -8.00. The lowest BCUT2D eigenvalue weighted by Crippen LogP contribution is -2.55. The van der Waals surface area contributed by atoms with E-state index >= 15 is 0 Å². The number of nitrogens with one attached hydrogen (secondary N) is 10. The molecule has 6 rings (SSSR count). The summed E-state index contributed by atoms with van der Waals surface area (Å²) in [6.45, 7) is 6.40. The molecule has 8 amide bonds. The molecule has 20 heteroatoms. The van der Waals surface area contributed by atoms with E-state index in [-0.39, 0.29) is 61.1 Å². The second-order valence-corrected chi connectivity index (χ2v) is 21.9. The van der Waals surface area contributed by atoms with Crippen molar-refractivity contribution in [2.75, 3.05) is 19.6 Å². The first-order valence-electron chi connectivity index (χ1n) is 29.8. The van der Waals surface area contributed by atoms with Crippen molar-refractivity contribution in [1.82, 2.24) is 52.2 Å². The third-order valence-electron chi connectivity index (χ3n) is 15.5. The minimum absolute atomic E-state index is 0.185. The third-order valence-corrected chi connectivity index (χ3v) is 15.5. The second-order valence-electron chi connectivity index (χ2n) is 21.9. The molecule has 3 aromatic heterocycles. The average Bonchev–Trinajstić information content (AvgIpc) is 4.44. The topological polar surface area (TPSA) is 320 Å². The maximum atomic E-state index is 13.8. The van der Waals surface area contributed by atoms with Crippen LogP contribution in [-0.4, -0.2) is 112 Å². The van der Waals surface area contributed by atoms with Gasteiger partial charge < -0.3 is 63.6 Å². The lowest BCUT2D eigenvalue weighted by atomic mass is 9.97. The summed E-state index contributed by atoms with van der Waals surface area (Å²) >= 11 is 0. The van der Waals surface area contributed by atoms with Crippen LogP contribution in [0.5, 0.6) is 0 Å². The van der Waals surface area contributed by atoms with E-state index in [1.54, 1.807) is 0 Å². The monoisotopic (exact) mass is 1140 g/mol. The third kappa shape index (κ3) is 20.4. The molecule has 0 aliphatic carbocycles. The highest BCUT2D eigenvalue weighted by Crippen LogP contribution is 2.23. The molecule has 6 aromatic rings. The number of para-hydroxylation sites is 3. The van der Waals surface area contributed by atoms with Crippen LogP contribution in [0.3, 0.4) is 0 Å². The van der Waals surface area contributed by atoms with Gasteiger partial charge in [-0.15, -0.1) is 0 Å². The minimum Gasteiger partial charge on any atom is -0.368 e. The Labute approximate surface area is 486 Å². The maximum absolute atomic E-state index is 13.8. The van der Waals surface area contributed by atoms with Gasteiger partial charge in [0.05, 0.1) is 0 Å². The zero-order valence-electron chi connectivity index (χ0n) is 48.6. The average molecular weight is 1140 g/mol. The lowest BCUT2D eigenvalue weighted by Gasteiger charge is -2.25. The first-order valence-corrected chi connectivity index (χ1v) is 29.8. The molecule has 14 N–H and O–H groups in total. The number of H-pyrrole nitrogens is 3. The number of fused-ring (bicyclic) bond motifs is 3. The molecule has 83 heavy (non-hydrogen) atoms. The molecule has 0 fully saturated rings. The van der Waals surface area contributed by atoms with Crippen molar-refractivity contribution in [2.24, 2.45) is 17.4 Å². The standard InChI is InChI=1S/C63H88N12O8/c1-4-41(2)58(59(65)79)75-63(83)55(37-45-40-70-51-28-18-15-25-48(45)51)73-57(78)31-12-8-6-9-21-33-66-60(80)53(35-43-38-68-49-26-16-13-23-46(43)49)72-56(77)30-11-7-5-10-22-34-67-61(81)54(36-44-39-69-50-27-17-14-24-47(44)50)74-62(82)52(71-42(3)76)29-19-20-32-64/h13-18,23-28,38-41,52-55,58,68-70H,4-12,19-22,29-37,64H2,1-3H3,(H2,65,79)(H,66,80)(H,67,81)(H,71,76)(H,72,77)(H,73,78)(H,74,82)(H,75,83)/t41?,52-,53-,54-,55-,58-/m0/s1. The molecule has 0 radical (unpaired) electrons. The summed E-state index contributed by atoms with van der Waals surface area (Å²) in [6, 6.07) is 19.0. The summed E-state index contributed by atoms with van der Waals surface area (Å²) < 4.78 is 0. The molecule has 0 aliphatic rings. The van der Waals surface area contributed by atoms with Gasteiger partial charge in [-0.1, -0.05) is 113 Å². The summed E-state index contributed by atoms with van der Waals surface area (Å²) in [5.41, 5.74) is 16.8. The predicted octanol–water partition coefficient (Wildman–Crippen LogP) is 6.18. The number of primary amides is 1. The predicted molar refractivity (Wildman–Crippen MR) is 324 cm³/mol. The molecule has 20 nitrogen and oxygen atoms in total. The van der Waals surface area contributed by atoms with Gasteiger partial charge in [-0.2, -0.15) is 0 Å². The first kappa shape index (κ1) is 64.2. The number of carbonyl (C=O) groups is 8. The van der Waals surface area contributed by atoms with E-state index in [1.807, 2.05) is 105 Å². The zero-order chi connectivity index (χ0) is 59.5. The Morgan fingerprint density at radius 3 is 1.29 bits per heavy atom. The first-order chi connectivity index (χ1) is 40.1. The molecular weight excluding hydrogens is 1050 g/mol. The molecule has 0 bridgehead atoms. The van der Waals surface area contributed by atoms with Gasteiger partial charge >= 0.3 is 0 Å². The number of rotatable bonds is 38. The van der Waals surface area contributed by atoms with Crippen LogP contribution in [0.2, 0.25) is 0 Å². The smallest absolute Gasteiger partial charge is 0.243 e. The molecular formula is C63H88N12O8. The van der Waals surface area contributed by atoms with Crippen LogP contribution in [0.4, 0.5) is 0 Å². The van der Waals surface area contributed by atoms with Crippen molar-refractivity contribution in [3.05, 3.63) is 108 Å². The Morgan fingerprint density at radius 2 is 0.867 bits per heavy atom. The van der Waals surface area contributed by atoms with Crippen molar-refractivity contribution in [2.45, 2.75) is 173 Å². The van der Waals surface area contributed by atoms with Crippen LogP contribution >= 0.6 is 0 Å².